The topological polar surface area (TPSA) is 46.5 Å². The monoisotopic (exact) mass is 200 g/mol. The van der Waals surface area contributed by atoms with E-state index in [0.29, 0.717) is 13.2 Å². The minimum atomic E-state index is 0.0128. The lowest BCUT2D eigenvalue weighted by Gasteiger charge is -2.01. The fourth-order valence-electron chi connectivity index (χ4n) is 0.975. The first-order valence-electron chi connectivity index (χ1n) is 4.01. The number of ether oxygens (including phenoxy) is 1. The van der Waals surface area contributed by atoms with E-state index in [1.807, 2.05) is 6.92 Å². The molecule has 0 radical (unpaired) electrons. The summed E-state index contributed by atoms with van der Waals surface area (Å²) in [5, 5.41) is 8.47. The second-order valence-electron chi connectivity index (χ2n) is 2.65. The third-order valence-corrected chi connectivity index (χ3v) is 2.36. The number of aliphatic hydroxyl groups excluding tert-OH is 1. The van der Waals surface area contributed by atoms with Gasteiger partial charge in [-0.05, 0) is 13.0 Å². The Hall–Kier alpha value is -0.710. The third-order valence-electron chi connectivity index (χ3n) is 1.42. The van der Waals surface area contributed by atoms with Crippen LogP contribution in [-0.4, -0.2) is 18.3 Å². The number of rotatable bonds is 4. The van der Waals surface area contributed by atoms with Crippen molar-refractivity contribution in [3.05, 3.63) is 32.1 Å². The van der Waals surface area contributed by atoms with Crippen molar-refractivity contribution in [3.8, 4) is 0 Å². The molecule has 0 atom stereocenters. The fourth-order valence-corrected chi connectivity index (χ4v) is 1.88. The average molecular weight is 200 g/mol. The molecule has 0 aliphatic rings. The Kier molecular flexibility index (Phi) is 4.08. The summed E-state index contributed by atoms with van der Waals surface area (Å²) in [5.74, 6) is 0. The highest BCUT2D eigenvalue weighted by Gasteiger charge is 1.97. The highest BCUT2D eigenvalue weighted by molar-refractivity contribution is 7.11. The molecular formula is C9H12O3S. The Balaban J connectivity index is 2.61. The number of aryl methyl sites for hydroxylation is 1. The Labute approximate surface area is 80.6 Å². The molecule has 13 heavy (non-hydrogen) atoms. The van der Waals surface area contributed by atoms with E-state index in [9.17, 15) is 4.79 Å². The SMILES string of the molecule is Cc1cc(=O)cc(COCCO)s1. The van der Waals surface area contributed by atoms with E-state index in [-0.39, 0.29) is 12.0 Å². The van der Waals surface area contributed by atoms with Gasteiger partial charge < -0.3 is 9.84 Å². The van der Waals surface area contributed by atoms with Gasteiger partial charge in [0.15, 0.2) is 5.43 Å². The first kappa shape index (κ1) is 10.4. The Bertz CT molecular complexity index is 319. The summed E-state index contributed by atoms with van der Waals surface area (Å²) in [6.07, 6.45) is 0. The number of hydrogen-bond donors (Lipinski definition) is 1. The molecule has 72 valence electrons. The first-order chi connectivity index (χ1) is 6.22. The van der Waals surface area contributed by atoms with Gasteiger partial charge in [-0.1, -0.05) is 0 Å². The molecule has 0 unspecified atom stereocenters. The van der Waals surface area contributed by atoms with Crippen LogP contribution in [0.25, 0.3) is 0 Å². The molecule has 0 spiro atoms. The van der Waals surface area contributed by atoms with Crippen LogP contribution in [0.2, 0.25) is 0 Å². The van der Waals surface area contributed by atoms with Crippen molar-refractivity contribution in [2.24, 2.45) is 0 Å². The van der Waals surface area contributed by atoms with Gasteiger partial charge in [-0.2, -0.15) is 0 Å². The van der Waals surface area contributed by atoms with Crippen molar-refractivity contribution < 1.29 is 9.84 Å². The predicted molar refractivity (Wildman–Crippen MR) is 52.1 cm³/mol. The fraction of sp³-hybridized carbons (Fsp3) is 0.444. The van der Waals surface area contributed by atoms with Crippen LogP contribution < -0.4 is 5.43 Å². The lowest BCUT2D eigenvalue weighted by atomic mass is 10.4. The standard InChI is InChI=1S/C9H12O3S/c1-7-4-8(11)5-9(13-7)6-12-3-2-10/h4-5,10H,2-3,6H2,1H3. The molecule has 0 saturated carbocycles. The van der Waals surface area contributed by atoms with Crippen molar-refractivity contribution in [1.82, 2.24) is 0 Å². The second kappa shape index (κ2) is 5.11. The van der Waals surface area contributed by atoms with Crippen LogP contribution in [0, 0.1) is 6.92 Å². The van der Waals surface area contributed by atoms with Gasteiger partial charge in [0.2, 0.25) is 0 Å². The zero-order valence-electron chi connectivity index (χ0n) is 7.45. The van der Waals surface area contributed by atoms with Gasteiger partial charge in [-0.25, -0.2) is 0 Å². The molecule has 0 amide bonds. The summed E-state index contributed by atoms with van der Waals surface area (Å²) in [6.45, 7) is 2.62. The maximum absolute atomic E-state index is 11.0. The van der Waals surface area contributed by atoms with E-state index in [0.717, 1.165) is 9.75 Å². The number of hydrogen-bond acceptors (Lipinski definition) is 4. The summed E-state index contributed by atoms with van der Waals surface area (Å²) >= 11 is 1.54. The minimum absolute atomic E-state index is 0.0128. The van der Waals surface area contributed by atoms with Gasteiger partial charge in [0.05, 0.1) is 19.8 Å². The maximum atomic E-state index is 11.0. The highest BCUT2D eigenvalue weighted by atomic mass is 32.1. The summed E-state index contributed by atoms with van der Waals surface area (Å²) < 4.78 is 5.10. The Morgan fingerprint density at radius 1 is 1.54 bits per heavy atom. The van der Waals surface area contributed by atoms with Gasteiger partial charge in [0, 0.05) is 15.8 Å². The predicted octanol–water partition coefficient (Wildman–Crippen LogP) is 0.926. The van der Waals surface area contributed by atoms with Crippen LogP contribution >= 0.6 is 11.3 Å². The molecule has 1 N–H and O–H groups in total. The van der Waals surface area contributed by atoms with Gasteiger partial charge in [-0.15, -0.1) is 11.3 Å². The molecule has 0 aromatic carbocycles. The average Bonchev–Trinajstić information content (AvgIpc) is 2.03. The highest BCUT2D eigenvalue weighted by Crippen LogP contribution is 2.10. The maximum Gasteiger partial charge on any atom is 0.180 e. The molecular weight excluding hydrogens is 188 g/mol. The normalized spacial score (nSPS) is 10.3. The van der Waals surface area contributed by atoms with Crippen LogP contribution in [0.3, 0.4) is 0 Å². The van der Waals surface area contributed by atoms with Gasteiger partial charge in [0.25, 0.3) is 0 Å². The molecule has 0 fully saturated rings. The van der Waals surface area contributed by atoms with Gasteiger partial charge in [0.1, 0.15) is 0 Å². The molecule has 3 nitrogen and oxygen atoms in total. The summed E-state index contributed by atoms with van der Waals surface area (Å²) in [4.78, 5) is 12.9. The molecule has 1 aromatic rings. The van der Waals surface area contributed by atoms with E-state index in [2.05, 4.69) is 0 Å². The van der Waals surface area contributed by atoms with Crippen LogP contribution in [0.5, 0.6) is 0 Å². The lowest BCUT2D eigenvalue weighted by Crippen LogP contribution is -2.02. The van der Waals surface area contributed by atoms with Crippen LogP contribution in [0.4, 0.5) is 0 Å². The van der Waals surface area contributed by atoms with Crippen molar-refractivity contribution in [3.63, 3.8) is 0 Å². The van der Waals surface area contributed by atoms with E-state index in [1.54, 1.807) is 12.1 Å². The van der Waals surface area contributed by atoms with Crippen LogP contribution in [0.1, 0.15) is 9.75 Å². The molecule has 0 bridgehead atoms. The van der Waals surface area contributed by atoms with E-state index in [4.69, 9.17) is 9.84 Å². The van der Waals surface area contributed by atoms with E-state index in [1.165, 1.54) is 11.3 Å². The van der Waals surface area contributed by atoms with Crippen LogP contribution in [0.15, 0.2) is 16.9 Å². The lowest BCUT2D eigenvalue weighted by molar-refractivity contribution is 0.0830. The van der Waals surface area contributed by atoms with Crippen molar-refractivity contribution in [2.45, 2.75) is 13.5 Å². The van der Waals surface area contributed by atoms with E-state index < -0.39 is 0 Å². The molecule has 0 saturated heterocycles. The Morgan fingerprint density at radius 3 is 2.92 bits per heavy atom. The summed E-state index contributed by atoms with van der Waals surface area (Å²) in [6, 6.07) is 3.16. The van der Waals surface area contributed by atoms with Crippen molar-refractivity contribution in [1.29, 1.82) is 0 Å². The Morgan fingerprint density at radius 2 is 2.31 bits per heavy atom. The third kappa shape index (κ3) is 3.67. The quantitative estimate of drug-likeness (QED) is 0.735. The zero-order valence-corrected chi connectivity index (χ0v) is 8.26. The molecule has 0 aliphatic heterocycles. The molecule has 1 heterocycles. The minimum Gasteiger partial charge on any atom is -0.394 e. The summed E-state index contributed by atoms with van der Waals surface area (Å²) in [7, 11) is 0. The van der Waals surface area contributed by atoms with Crippen molar-refractivity contribution in [2.75, 3.05) is 13.2 Å². The molecule has 4 heteroatoms. The van der Waals surface area contributed by atoms with E-state index >= 15 is 0 Å². The first-order valence-corrected chi connectivity index (χ1v) is 4.83. The second-order valence-corrected chi connectivity index (χ2v) is 4.02. The number of aliphatic hydroxyl groups is 1. The summed E-state index contributed by atoms with van der Waals surface area (Å²) in [5.41, 5.74) is 0.0128. The molecule has 1 rings (SSSR count). The van der Waals surface area contributed by atoms with Crippen molar-refractivity contribution >= 4 is 11.3 Å². The molecule has 0 aliphatic carbocycles. The largest absolute Gasteiger partial charge is 0.394 e. The zero-order chi connectivity index (χ0) is 9.68. The molecule has 1 aromatic heterocycles. The van der Waals surface area contributed by atoms with Crippen LogP contribution in [-0.2, 0) is 11.3 Å². The smallest absolute Gasteiger partial charge is 0.180 e. The van der Waals surface area contributed by atoms with Gasteiger partial charge >= 0.3 is 0 Å². The van der Waals surface area contributed by atoms with Gasteiger partial charge in [-0.3, -0.25) is 4.79 Å².